The van der Waals surface area contributed by atoms with Crippen molar-refractivity contribution in [2.24, 2.45) is 0 Å². The van der Waals surface area contributed by atoms with Crippen molar-refractivity contribution in [2.45, 2.75) is 31.3 Å². The molecule has 12 nitrogen and oxygen atoms in total. The number of unbranched alkanes of at least 4 members (excludes halogenated alkanes) is 3. The van der Waals surface area contributed by atoms with Gasteiger partial charge >= 0.3 is 5.97 Å². The maximum atomic E-state index is 13.5. The summed E-state index contributed by atoms with van der Waals surface area (Å²) in [5.74, 6) is 1.02. The molecule has 0 unspecified atom stereocenters. The molecule has 1 amide bonds. The van der Waals surface area contributed by atoms with Gasteiger partial charge in [0.05, 0.1) is 17.7 Å². The van der Waals surface area contributed by atoms with Gasteiger partial charge in [0, 0.05) is 80.5 Å². The molecule has 2 aliphatic rings. The molecule has 0 aliphatic carbocycles. The van der Waals surface area contributed by atoms with Crippen LogP contribution in [0, 0.1) is 11.3 Å². The van der Waals surface area contributed by atoms with Crippen LogP contribution in [0.5, 0.6) is 17.2 Å². The van der Waals surface area contributed by atoms with Crippen LogP contribution in [0.4, 0.5) is 17.1 Å². The Bertz CT molecular complexity index is 2190. The van der Waals surface area contributed by atoms with Gasteiger partial charge in [0.25, 0.3) is 5.91 Å². The fraction of sp³-hybridized carbons (Fsp3) is 0.282. The third kappa shape index (κ3) is 6.15. The Morgan fingerprint density at radius 3 is 2.29 bits per heavy atom. The molecule has 0 atom stereocenters. The third-order valence-electron chi connectivity index (χ3n) is 9.46. The topological polar surface area (TPSA) is 154 Å². The maximum absolute atomic E-state index is 13.5. The molecule has 4 N–H and O–H groups in total. The van der Waals surface area contributed by atoms with E-state index in [4.69, 9.17) is 19.5 Å². The average molecular weight is 720 g/mol. The van der Waals surface area contributed by atoms with Crippen LogP contribution in [0.15, 0.2) is 66.7 Å². The predicted molar refractivity (Wildman–Crippen MR) is 197 cm³/mol. The van der Waals surface area contributed by atoms with Gasteiger partial charge in [-0.3, -0.25) is 4.79 Å². The summed E-state index contributed by atoms with van der Waals surface area (Å²) in [4.78, 5) is 35.1. The number of benzene rings is 4. The third-order valence-corrected chi connectivity index (χ3v) is 10.5. The van der Waals surface area contributed by atoms with Crippen molar-refractivity contribution in [1.29, 1.82) is 5.26 Å². The smallest absolute Gasteiger partial charge is 0.340 e. The number of nitriles is 1. The largest absolute Gasteiger partial charge is 0.487 e. The fourth-order valence-electron chi connectivity index (χ4n) is 6.75. The number of carbonyl (C=O) groups is 2. The van der Waals surface area contributed by atoms with Crippen molar-refractivity contribution in [2.75, 3.05) is 51.1 Å². The first kappa shape index (κ1) is 34.8. The molecule has 0 saturated carbocycles. The van der Waals surface area contributed by atoms with E-state index >= 15 is 0 Å². The van der Waals surface area contributed by atoms with E-state index in [2.05, 4.69) is 10.3 Å². The highest BCUT2D eigenvalue weighted by Crippen LogP contribution is 2.57. The lowest BCUT2D eigenvalue weighted by atomic mass is 9.77. The monoisotopic (exact) mass is 719 g/mol. The van der Waals surface area contributed by atoms with Gasteiger partial charge in [-0.2, -0.15) is 10.7 Å². The highest BCUT2D eigenvalue weighted by molar-refractivity contribution is 7.19. The standard InChI is InChI=1S/C39H38N6O6S/c1-44(2)24-10-13-27-32(20-24)50-33-21-25(45(3)4)11-14-28(33)39(27)29-19-23(9-12-26(29)38(47)51-39)37(46)41-17-7-5-6-8-18-49-31-16-15-30-36(35(31)43-48)52-34(22-40)42-30/h9-16,19-21,43,48H,5-8,17-18H2,1-4H3,(H,41,46)/p+1. The van der Waals surface area contributed by atoms with Crippen LogP contribution in [-0.4, -0.2) is 63.4 Å². The number of aromatic nitrogens is 1. The lowest BCUT2D eigenvalue weighted by molar-refractivity contribution is -0.824. The minimum Gasteiger partial charge on any atom is -0.487 e. The molecule has 7 rings (SSSR count). The van der Waals surface area contributed by atoms with Crippen LogP contribution >= 0.6 is 11.3 Å². The summed E-state index contributed by atoms with van der Waals surface area (Å²) < 4.78 is 19.5. The second-order valence-electron chi connectivity index (χ2n) is 13.2. The van der Waals surface area contributed by atoms with Gasteiger partial charge in [0.1, 0.15) is 22.3 Å². The van der Waals surface area contributed by atoms with Gasteiger partial charge in [0.15, 0.2) is 16.4 Å². The molecule has 0 fully saturated rings. The van der Waals surface area contributed by atoms with E-state index in [9.17, 15) is 14.8 Å². The van der Waals surface area contributed by atoms with Crippen molar-refractivity contribution in [1.82, 2.24) is 10.3 Å². The number of nitrogens with zero attached hydrogens (tertiary/aromatic N) is 4. The highest BCUT2D eigenvalue weighted by Gasteiger charge is 2.54. The van der Waals surface area contributed by atoms with Crippen LogP contribution in [0.1, 0.15) is 68.1 Å². The van der Waals surface area contributed by atoms with Crippen molar-refractivity contribution in [3.8, 4) is 23.3 Å². The molecule has 3 heterocycles. The number of nitrogens with two attached hydrogens (primary N) is 1. The van der Waals surface area contributed by atoms with E-state index < -0.39 is 11.6 Å². The number of amides is 1. The summed E-state index contributed by atoms with van der Waals surface area (Å²) in [5.41, 5.74) is 5.59. The molecule has 1 spiro atoms. The minimum atomic E-state index is -1.29. The van der Waals surface area contributed by atoms with E-state index in [1.807, 2.05) is 80.5 Å². The van der Waals surface area contributed by atoms with Crippen molar-refractivity contribution in [3.05, 3.63) is 99.6 Å². The number of thiazole rings is 1. The van der Waals surface area contributed by atoms with Gasteiger partial charge < -0.3 is 29.3 Å². The quantitative estimate of drug-likeness (QED) is 0.0622. The first-order valence-corrected chi connectivity index (χ1v) is 17.9. The number of hydrogen-bond donors (Lipinski definition) is 3. The second kappa shape index (κ2) is 14.1. The van der Waals surface area contributed by atoms with Crippen LogP contribution < -0.4 is 30.1 Å². The summed E-state index contributed by atoms with van der Waals surface area (Å²) in [7, 11) is 7.82. The molecule has 5 aromatic rings. The minimum absolute atomic E-state index is 0.232. The first-order chi connectivity index (χ1) is 25.1. The Morgan fingerprint density at radius 2 is 1.63 bits per heavy atom. The Balaban J connectivity index is 1.02. The molecule has 2 aliphatic heterocycles. The maximum Gasteiger partial charge on any atom is 0.340 e. The van der Waals surface area contributed by atoms with E-state index in [1.165, 1.54) is 11.3 Å². The van der Waals surface area contributed by atoms with Crippen molar-refractivity contribution in [3.63, 3.8) is 0 Å². The highest BCUT2D eigenvalue weighted by atomic mass is 32.1. The Morgan fingerprint density at radius 1 is 0.942 bits per heavy atom. The fourth-order valence-corrected chi connectivity index (χ4v) is 7.62. The average Bonchev–Trinajstić information content (AvgIpc) is 3.70. The van der Waals surface area contributed by atoms with Crippen LogP contribution in [-0.2, 0) is 10.3 Å². The molecule has 4 aromatic carbocycles. The number of anilines is 2. The van der Waals surface area contributed by atoms with Gasteiger partial charge in [-0.05, 0) is 67.4 Å². The van der Waals surface area contributed by atoms with Crippen LogP contribution in [0.2, 0.25) is 0 Å². The van der Waals surface area contributed by atoms with Crippen molar-refractivity contribution >= 4 is 50.5 Å². The zero-order chi connectivity index (χ0) is 36.6. The summed E-state index contributed by atoms with van der Waals surface area (Å²) in [6.07, 6.45) is 3.35. The lowest BCUT2D eigenvalue weighted by Gasteiger charge is -2.37. The summed E-state index contributed by atoms with van der Waals surface area (Å²) in [5, 5.41) is 22.3. The zero-order valence-corrected chi connectivity index (χ0v) is 30.2. The Hall–Kier alpha value is -5.68. The molecule has 13 heteroatoms. The normalized spacial score (nSPS) is 13.4. The zero-order valence-electron chi connectivity index (χ0n) is 29.4. The number of rotatable bonds is 12. The van der Waals surface area contributed by atoms with Gasteiger partial charge in [-0.15, -0.1) is 0 Å². The summed E-state index contributed by atoms with van der Waals surface area (Å²) >= 11 is 1.22. The summed E-state index contributed by atoms with van der Waals surface area (Å²) in [6, 6.07) is 22.4. The molecule has 0 radical (unpaired) electrons. The van der Waals surface area contributed by atoms with Gasteiger partial charge in [0.2, 0.25) is 5.69 Å². The van der Waals surface area contributed by atoms with Gasteiger partial charge in [-0.1, -0.05) is 24.2 Å². The lowest BCUT2D eigenvalue weighted by Crippen LogP contribution is -2.73. The molecule has 0 saturated heterocycles. The number of quaternary nitrogens is 1. The van der Waals surface area contributed by atoms with Crippen molar-refractivity contribution < 1.29 is 34.5 Å². The molecule has 0 bridgehead atoms. The number of carbonyl (C=O) groups excluding carboxylic acids is 2. The molecular formula is C39H39N6O6S+. The number of nitrogens with one attached hydrogen (secondary N) is 1. The van der Waals surface area contributed by atoms with Gasteiger partial charge in [-0.25, -0.2) is 15.0 Å². The Labute approximate surface area is 305 Å². The SMILES string of the molecule is CN(C)c1ccc2c(c1)Oc1cc(N(C)C)ccc1C21OC(=O)c2ccc(C(=O)NCCCCCCOc3ccc4nc(C#N)sc4c3[NH2+]O)cc21. The molecular weight excluding hydrogens is 681 g/mol. The van der Waals surface area contributed by atoms with Crippen LogP contribution in [0.3, 0.4) is 0 Å². The first-order valence-electron chi connectivity index (χ1n) is 17.1. The van der Waals surface area contributed by atoms with E-state index in [1.54, 1.807) is 30.3 Å². The predicted octanol–water partition coefficient (Wildman–Crippen LogP) is 5.82. The number of ether oxygens (including phenoxy) is 3. The number of esters is 1. The Kier molecular flexibility index (Phi) is 9.46. The number of hydrogen-bond acceptors (Lipinski definition) is 11. The van der Waals surface area contributed by atoms with E-state index in [0.29, 0.717) is 79.1 Å². The molecule has 52 heavy (non-hydrogen) atoms. The second-order valence-corrected chi connectivity index (χ2v) is 14.2. The van der Waals surface area contributed by atoms with Crippen LogP contribution in [0.25, 0.3) is 10.2 Å². The van der Waals surface area contributed by atoms with E-state index in [-0.39, 0.29) is 5.91 Å². The summed E-state index contributed by atoms with van der Waals surface area (Å²) in [6.45, 7) is 0.953. The van der Waals surface area contributed by atoms with E-state index in [0.717, 1.165) is 42.5 Å². The number of fused-ring (bicyclic) bond motifs is 7. The molecule has 266 valence electrons. The molecule has 1 aromatic heterocycles.